The molecule has 0 saturated carbocycles. The Morgan fingerprint density at radius 3 is 2.23 bits per heavy atom. The topological polar surface area (TPSA) is 75.4 Å². The molecule has 1 heterocycles. The van der Waals surface area contributed by atoms with Crippen molar-refractivity contribution in [3.63, 3.8) is 0 Å². The Kier molecular flexibility index (Phi) is 5.84. The lowest BCUT2D eigenvalue weighted by Crippen LogP contribution is -2.19. The molecule has 154 valence electrons. The molecule has 0 fully saturated rings. The third-order valence-corrected chi connectivity index (χ3v) is 4.63. The van der Waals surface area contributed by atoms with Crippen molar-refractivity contribution in [3.05, 3.63) is 96.3 Å². The lowest BCUT2D eigenvalue weighted by Gasteiger charge is -2.11. The van der Waals surface area contributed by atoms with E-state index in [2.05, 4.69) is 20.6 Å². The van der Waals surface area contributed by atoms with Gasteiger partial charge in [-0.2, -0.15) is 5.10 Å². The van der Waals surface area contributed by atoms with Crippen molar-refractivity contribution in [1.82, 2.24) is 20.2 Å². The Morgan fingerprint density at radius 2 is 1.58 bits per heavy atom. The van der Waals surface area contributed by atoms with Crippen LogP contribution in [0, 0.1) is 0 Å². The standard InChI is InChI=1S/C24H22N6O/c1-29(2)20-15-13-18(14-16-20)17-25-27-24(31)22-26-23(19-9-5-3-6-10-19)30(28-22)21-11-7-4-8-12-21/h3-17H,1-2H3,(H,27,31)/b25-17+. The summed E-state index contributed by atoms with van der Waals surface area (Å²) in [7, 11) is 3.96. The zero-order chi connectivity index (χ0) is 21.6. The Morgan fingerprint density at radius 1 is 0.935 bits per heavy atom. The quantitative estimate of drug-likeness (QED) is 0.388. The minimum absolute atomic E-state index is 0.0443. The molecule has 0 aliphatic carbocycles. The average Bonchev–Trinajstić information content (AvgIpc) is 3.26. The molecule has 1 amide bonds. The zero-order valence-corrected chi connectivity index (χ0v) is 17.3. The maximum atomic E-state index is 12.6. The van der Waals surface area contributed by atoms with Crippen LogP contribution in [0.2, 0.25) is 0 Å². The van der Waals surface area contributed by atoms with Crippen molar-refractivity contribution in [2.24, 2.45) is 5.10 Å². The SMILES string of the molecule is CN(C)c1ccc(/C=N/NC(=O)c2nc(-c3ccccc3)n(-c3ccccc3)n2)cc1. The molecule has 7 heteroatoms. The Labute approximate surface area is 180 Å². The maximum absolute atomic E-state index is 12.6. The summed E-state index contributed by atoms with van der Waals surface area (Å²) in [6.45, 7) is 0. The highest BCUT2D eigenvalue weighted by atomic mass is 16.2. The molecule has 4 rings (SSSR count). The second kappa shape index (κ2) is 9.04. The molecule has 31 heavy (non-hydrogen) atoms. The fourth-order valence-corrected chi connectivity index (χ4v) is 3.01. The normalized spacial score (nSPS) is 10.9. The van der Waals surface area contributed by atoms with Gasteiger partial charge in [0, 0.05) is 25.3 Å². The number of carbonyl (C=O) groups excluding carboxylic acids is 1. The lowest BCUT2D eigenvalue weighted by molar-refractivity contribution is 0.0945. The van der Waals surface area contributed by atoms with Crippen LogP contribution >= 0.6 is 0 Å². The average molecular weight is 410 g/mol. The van der Waals surface area contributed by atoms with E-state index >= 15 is 0 Å². The van der Waals surface area contributed by atoms with E-state index in [1.54, 1.807) is 10.9 Å². The Balaban J connectivity index is 1.56. The Bertz CT molecular complexity index is 1120. The first-order chi connectivity index (χ1) is 15.1. The van der Waals surface area contributed by atoms with E-state index < -0.39 is 5.91 Å². The molecule has 0 aliphatic rings. The number of anilines is 1. The van der Waals surface area contributed by atoms with Gasteiger partial charge >= 0.3 is 5.91 Å². The van der Waals surface area contributed by atoms with E-state index in [4.69, 9.17) is 0 Å². The second-order valence-electron chi connectivity index (χ2n) is 7.06. The van der Waals surface area contributed by atoms with Gasteiger partial charge in [-0.3, -0.25) is 4.79 Å². The van der Waals surface area contributed by atoms with Crippen LogP contribution in [-0.4, -0.2) is 41.0 Å². The number of aromatic nitrogens is 3. The van der Waals surface area contributed by atoms with Crippen molar-refractivity contribution in [3.8, 4) is 17.1 Å². The molecule has 0 atom stereocenters. The van der Waals surface area contributed by atoms with Gasteiger partial charge in [0.1, 0.15) is 0 Å². The number of hydrogen-bond acceptors (Lipinski definition) is 5. The summed E-state index contributed by atoms with van der Waals surface area (Å²) in [6.07, 6.45) is 1.59. The molecule has 1 aromatic heterocycles. The van der Waals surface area contributed by atoms with Gasteiger partial charge in [0.2, 0.25) is 5.82 Å². The van der Waals surface area contributed by atoms with Gasteiger partial charge in [-0.25, -0.2) is 15.1 Å². The summed E-state index contributed by atoms with van der Waals surface area (Å²) in [5.74, 6) is 0.149. The molecule has 0 unspecified atom stereocenters. The summed E-state index contributed by atoms with van der Waals surface area (Å²) >= 11 is 0. The third kappa shape index (κ3) is 4.67. The summed E-state index contributed by atoms with van der Waals surface area (Å²) < 4.78 is 1.66. The molecular formula is C24H22N6O. The van der Waals surface area contributed by atoms with Crippen LogP contribution in [-0.2, 0) is 0 Å². The number of carbonyl (C=O) groups is 1. The third-order valence-electron chi connectivity index (χ3n) is 4.63. The van der Waals surface area contributed by atoms with E-state index in [-0.39, 0.29) is 5.82 Å². The van der Waals surface area contributed by atoms with E-state index in [9.17, 15) is 4.79 Å². The van der Waals surface area contributed by atoms with Crippen LogP contribution in [0.15, 0.2) is 90.0 Å². The van der Waals surface area contributed by atoms with E-state index in [1.165, 1.54) is 0 Å². The molecule has 0 spiro atoms. The highest BCUT2D eigenvalue weighted by molar-refractivity contribution is 5.92. The number of para-hydroxylation sites is 1. The molecular weight excluding hydrogens is 388 g/mol. The number of rotatable bonds is 6. The van der Waals surface area contributed by atoms with Gasteiger partial charge < -0.3 is 4.90 Å². The van der Waals surface area contributed by atoms with Gasteiger partial charge in [0.15, 0.2) is 5.82 Å². The lowest BCUT2D eigenvalue weighted by atomic mass is 10.2. The number of hydrogen-bond donors (Lipinski definition) is 1. The molecule has 0 bridgehead atoms. The highest BCUT2D eigenvalue weighted by Crippen LogP contribution is 2.21. The molecule has 1 N–H and O–H groups in total. The number of hydrazone groups is 1. The van der Waals surface area contributed by atoms with E-state index in [1.807, 2.05) is 104 Å². The number of nitrogens with zero attached hydrogens (tertiary/aromatic N) is 5. The highest BCUT2D eigenvalue weighted by Gasteiger charge is 2.18. The van der Waals surface area contributed by atoms with Crippen LogP contribution < -0.4 is 10.3 Å². The molecule has 0 aliphatic heterocycles. The summed E-state index contributed by atoms with van der Waals surface area (Å²) in [6, 6.07) is 27.1. The molecule has 0 saturated heterocycles. The minimum Gasteiger partial charge on any atom is -0.378 e. The van der Waals surface area contributed by atoms with Gasteiger partial charge in [-0.15, -0.1) is 5.10 Å². The zero-order valence-electron chi connectivity index (χ0n) is 17.3. The fourth-order valence-electron chi connectivity index (χ4n) is 3.01. The van der Waals surface area contributed by atoms with Gasteiger partial charge in [-0.1, -0.05) is 60.7 Å². The van der Waals surface area contributed by atoms with Crippen molar-refractivity contribution in [1.29, 1.82) is 0 Å². The van der Waals surface area contributed by atoms with Crippen molar-refractivity contribution in [2.45, 2.75) is 0 Å². The first kappa shape index (κ1) is 20.0. The van der Waals surface area contributed by atoms with Gasteiger partial charge in [-0.05, 0) is 29.8 Å². The second-order valence-corrected chi connectivity index (χ2v) is 7.06. The van der Waals surface area contributed by atoms with Crippen LogP contribution in [0.1, 0.15) is 16.2 Å². The monoisotopic (exact) mass is 410 g/mol. The van der Waals surface area contributed by atoms with Crippen molar-refractivity contribution < 1.29 is 4.79 Å². The minimum atomic E-state index is -0.479. The van der Waals surface area contributed by atoms with E-state index in [0.717, 1.165) is 22.5 Å². The van der Waals surface area contributed by atoms with Crippen LogP contribution in [0.4, 0.5) is 5.69 Å². The first-order valence-electron chi connectivity index (χ1n) is 9.80. The van der Waals surface area contributed by atoms with Crippen LogP contribution in [0.3, 0.4) is 0 Å². The number of amides is 1. The predicted molar refractivity (Wildman–Crippen MR) is 123 cm³/mol. The largest absolute Gasteiger partial charge is 0.378 e. The number of benzene rings is 3. The molecule has 3 aromatic carbocycles. The van der Waals surface area contributed by atoms with Crippen molar-refractivity contribution >= 4 is 17.8 Å². The predicted octanol–water partition coefficient (Wildman–Crippen LogP) is 3.76. The Hall–Kier alpha value is -4.26. The smallest absolute Gasteiger partial charge is 0.311 e. The van der Waals surface area contributed by atoms with Crippen molar-refractivity contribution in [2.75, 3.05) is 19.0 Å². The fraction of sp³-hybridized carbons (Fsp3) is 0.0833. The van der Waals surface area contributed by atoms with E-state index in [0.29, 0.717) is 5.82 Å². The van der Waals surface area contributed by atoms with Crippen LogP contribution in [0.25, 0.3) is 17.1 Å². The first-order valence-corrected chi connectivity index (χ1v) is 9.80. The molecule has 4 aromatic rings. The molecule has 0 radical (unpaired) electrons. The molecule has 7 nitrogen and oxygen atoms in total. The maximum Gasteiger partial charge on any atom is 0.311 e. The van der Waals surface area contributed by atoms with Crippen LogP contribution in [0.5, 0.6) is 0 Å². The summed E-state index contributed by atoms with van der Waals surface area (Å²) in [5.41, 5.74) is 6.15. The summed E-state index contributed by atoms with van der Waals surface area (Å²) in [4.78, 5) is 19.1. The summed E-state index contributed by atoms with van der Waals surface area (Å²) in [5, 5.41) is 8.48. The van der Waals surface area contributed by atoms with Gasteiger partial charge in [0.05, 0.1) is 11.9 Å². The number of nitrogens with one attached hydrogen (secondary N) is 1. The van der Waals surface area contributed by atoms with Gasteiger partial charge in [0.25, 0.3) is 0 Å².